The zero-order valence-corrected chi connectivity index (χ0v) is 16.1. The minimum Gasteiger partial charge on any atom is -0.444 e. The minimum atomic E-state index is 0.400. The summed E-state index contributed by atoms with van der Waals surface area (Å²) in [6.45, 7) is 7.67. The molecule has 0 aliphatic carbocycles. The van der Waals surface area contributed by atoms with Gasteiger partial charge in [0.15, 0.2) is 5.96 Å². The van der Waals surface area contributed by atoms with Gasteiger partial charge in [-0.2, -0.15) is 0 Å². The summed E-state index contributed by atoms with van der Waals surface area (Å²) in [5, 5.41) is 9.63. The molecule has 0 radical (unpaired) electrons. The van der Waals surface area contributed by atoms with E-state index in [0.717, 1.165) is 40.2 Å². The maximum Gasteiger partial charge on any atom is 0.216 e. The molecule has 0 spiro atoms. The third kappa shape index (κ3) is 4.70. The quantitative estimate of drug-likeness (QED) is 0.512. The van der Waals surface area contributed by atoms with E-state index in [9.17, 15) is 0 Å². The van der Waals surface area contributed by atoms with Crippen molar-refractivity contribution in [1.29, 1.82) is 0 Å². The first kappa shape index (κ1) is 18.1. The largest absolute Gasteiger partial charge is 0.444 e. The molecule has 0 aliphatic heterocycles. The van der Waals surface area contributed by atoms with Gasteiger partial charge in [-0.1, -0.05) is 30.3 Å². The minimum absolute atomic E-state index is 0.400. The second-order valence-corrected chi connectivity index (χ2v) is 6.73. The zero-order valence-electron chi connectivity index (χ0n) is 15.2. The SMILES string of the molecule is CCNC(=NCc1nc(C)c(C)o1)NCc1nc(-c2ccccc2)cs1. The highest BCUT2D eigenvalue weighted by atomic mass is 32.1. The molecule has 0 bridgehead atoms. The molecule has 3 rings (SSSR count). The standard InChI is InChI=1S/C19H23N5OS/c1-4-20-19(21-10-17-23-13(2)14(3)25-17)22-11-18-24-16(12-26-18)15-8-6-5-7-9-15/h5-9,12H,4,10-11H2,1-3H3,(H2,20,21,22). The molecule has 2 aromatic heterocycles. The Balaban J connectivity index is 1.61. The molecule has 0 saturated carbocycles. The molecule has 136 valence electrons. The Morgan fingerprint density at radius 2 is 1.96 bits per heavy atom. The van der Waals surface area contributed by atoms with Crippen LogP contribution in [0.2, 0.25) is 0 Å². The summed E-state index contributed by atoms with van der Waals surface area (Å²) in [6, 6.07) is 10.2. The van der Waals surface area contributed by atoms with Crippen LogP contribution in [0.5, 0.6) is 0 Å². The average Bonchev–Trinajstić information content (AvgIpc) is 3.25. The number of benzene rings is 1. The molecule has 3 aromatic rings. The Morgan fingerprint density at radius 3 is 2.65 bits per heavy atom. The van der Waals surface area contributed by atoms with E-state index in [1.165, 1.54) is 0 Å². The highest BCUT2D eigenvalue weighted by molar-refractivity contribution is 7.09. The first-order valence-electron chi connectivity index (χ1n) is 8.60. The second-order valence-electron chi connectivity index (χ2n) is 5.79. The van der Waals surface area contributed by atoms with E-state index in [2.05, 4.69) is 43.1 Å². The molecule has 0 fully saturated rings. The van der Waals surface area contributed by atoms with E-state index in [4.69, 9.17) is 4.42 Å². The van der Waals surface area contributed by atoms with Crippen LogP contribution in [0.15, 0.2) is 45.1 Å². The van der Waals surface area contributed by atoms with Crippen LogP contribution in [0.4, 0.5) is 0 Å². The van der Waals surface area contributed by atoms with Crippen molar-refractivity contribution in [3.8, 4) is 11.3 Å². The van der Waals surface area contributed by atoms with Crippen molar-refractivity contribution in [2.75, 3.05) is 6.54 Å². The van der Waals surface area contributed by atoms with Crippen LogP contribution >= 0.6 is 11.3 Å². The van der Waals surface area contributed by atoms with Crippen LogP contribution in [-0.2, 0) is 13.1 Å². The van der Waals surface area contributed by atoms with E-state index in [0.29, 0.717) is 19.0 Å². The normalized spacial score (nSPS) is 11.6. The topological polar surface area (TPSA) is 75.3 Å². The number of hydrogen-bond donors (Lipinski definition) is 2. The van der Waals surface area contributed by atoms with Gasteiger partial charge in [-0.15, -0.1) is 11.3 Å². The molecule has 26 heavy (non-hydrogen) atoms. The van der Waals surface area contributed by atoms with E-state index >= 15 is 0 Å². The third-order valence-electron chi connectivity index (χ3n) is 3.82. The van der Waals surface area contributed by atoms with Crippen molar-refractivity contribution in [3.05, 3.63) is 58.1 Å². The fourth-order valence-electron chi connectivity index (χ4n) is 2.39. The Hall–Kier alpha value is -2.67. The van der Waals surface area contributed by atoms with Crippen LogP contribution in [0.3, 0.4) is 0 Å². The first-order chi connectivity index (χ1) is 12.7. The molecule has 0 saturated heterocycles. The molecule has 7 heteroatoms. The van der Waals surface area contributed by atoms with E-state index in [-0.39, 0.29) is 0 Å². The Labute approximate surface area is 157 Å². The summed E-state index contributed by atoms with van der Waals surface area (Å²) in [6.07, 6.45) is 0. The van der Waals surface area contributed by atoms with Gasteiger partial charge in [-0.25, -0.2) is 15.0 Å². The predicted octanol–water partition coefficient (Wildman–Crippen LogP) is 3.67. The zero-order chi connectivity index (χ0) is 18.4. The van der Waals surface area contributed by atoms with Gasteiger partial charge in [0.1, 0.15) is 17.3 Å². The van der Waals surface area contributed by atoms with Gasteiger partial charge in [0, 0.05) is 17.5 Å². The van der Waals surface area contributed by atoms with Gasteiger partial charge in [0.25, 0.3) is 0 Å². The monoisotopic (exact) mass is 369 g/mol. The first-order valence-corrected chi connectivity index (χ1v) is 9.48. The number of rotatable bonds is 6. The molecule has 1 aromatic carbocycles. The number of nitrogens with one attached hydrogen (secondary N) is 2. The van der Waals surface area contributed by atoms with Crippen LogP contribution in [-0.4, -0.2) is 22.5 Å². The number of nitrogens with zero attached hydrogens (tertiary/aromatic N) is 3. The van der Waals surface area contributed by atoms with E-state index in [1.807, 2.05) is 39.0 Å². The fraction of sp³-hybridized carbons (Fsp3) is 0.316. The van der Waals surface area contributed by atoms with Gasteiger partial charge in [0.05, 0.1) is 17.9 Å². The lowest BCUT2D eigenvalue weighted by Gasteiger charge is -2.09. The van der Waals surface area contributed by atoms with Gasteiger partial charge in [0.2, 0.25) is 5.89 Å². The van der Waals surface area contributed by atoms with Crippen LogP contribution in [0.1, 0.15) is 29.3 Å². The van der Waals surface area contributed by atoms with Crippen molar-refractivity contribution in [1.82, 2.24) is 20.6 Å². The van der Waals surface area contributed by atoms with Crippen LogP contribution < -0.4 is 10.6 Å². The molecular formula is C19H23N5OS. The van der Waals surface area contributed by atoms with E-state index in [1.54, 1.807) is 11.3 Å². The number of thiazole rings is 1. The lowest BCUT2D eigenvalue weighted by Crippen LogP contribution is -2.36. The average molecular weight is 369 g/mol. The number of hydrogen-bond acceptors (Lipinski definition) is 5. The van der Waals surface area contributed by atoms with Crippen molar-refractivity contribution < 1.29 is 4.42 Å². The molecule has 0 amide bonds. The molecule has 6 nitrogen and oxygen atoms in total. The maximum absolute atomic E-state index is 5.57. The number of guanidine groups is 1. The highest BCUT2D eigenvalue weighted by Gasteiger charge is 2.07. The lowest BCUT2D eigenvalue weighted by atomic mass is 10.2. The summed E-state index contributed by atoms with van der Waals surface area (Å²) in [7, 11) is 0. The Morgan fingerprint density at radius 1 is 1.15 bits per heavy atom. The van der Waals surface area contributed by atoms with Crippen molar-refractivity contribution in [3.63, 3.8) is 0 Å². The van der Waals surface area contributed by atoms with Crippen LogP contribution in [0.25, 0.3) is 11.3 Å². The van der Waals surface area contributed by atoms with Crippen molar-refractivity contribution in [2.24, 2.45) is 4.99 Å². The molecule has 0 aliphatic rings. The number of aryl methyl sites for hydroxylation is 2. The fourth-order valence-corrected chi connectivity index (χ4v) is 3.13. The molecule has 0 unspecified atom stereocenters. The Kier molecular flexibility index (Phi) is 6.01. The molecule has 2 heterocycles. The number of aliphatic imine (C=N–C) groups is 1. The van der Waals surface area contributed by atoms with Gasteiger partial charge in [-0.05, 0) is 20.8 Å². The van der Waals surface area contributed by atoms with E-state index < -0.39 is 0 Å². The van der Waals surface area contributed by atoms with Crippen molar-refractivity contribution in [2.45, 2.75) is 33.9 Å². The number of aromatic nitrogens is 2. The van der Waals surface area contributed by atoms with Gasteiger partial charge >= 0.3 is 0 Å². The predicted molar refractivity (Wildman–Crippen MR) is 105 cm³/mol. The third-order valence-corrected chi connectivity index (χ3v) is 4.67. The summed E-state index contributed by atoms with van der Waals surface area (Å²) < 4.78 is 5.57. The smallest absolute Gasteiger partial charge is 0.216 e. The maximum atomic E-state index is 5.57. The Bertz CT molecular complexity index is 850. The summed E-state index contributed by atoms with van der Waals surface area (Å²) in [5.41, 5.74) is 3.04. The van der Waals surface area contributed by atoms with Crippen molar-refractivity contribution >= 4 is 17.3 Å². The molecule has 0 atom stereocenters. The summed E-state index contributed by atoms with van der Waals surface area (Å²) >= 11 is 1.64. The molecular weight excluding hydrogens is 346 g/mol. The summed E-state index contributed by atoms with van der Waals surface area (Å²) in [4.78, 5) is 13.6. The second kappa shape index (κ2) is 8.62. The number of oxazole rings is 1. The summed E-state index contributed by atoms with van der Waals surface area (Å²) in [5.74, 6) is 2.18. The molecule has 2 N–H and O–H groups in total. The van der Waals surface area contributed by atoms with Crippen LogP contribution in [0, 0.1) is 13.8 Å². The lowest BCUT2D eigenvalue weighted by molar-refractivity contribution is 0.473. The highest BCUT2D eigenvalue weighted by Crippen LogP contribution is 2.21. The van der Waals surface area contributed by atoms with Gasteiger partial charge < -0.3 is 15.1 Å². The van der Waals surface area contributed by atoms with Gasteiger partial charge in [-0.3, -0.25) is 0 Å².